The van der Waals surface area contributed by atoms with Crippen molar-refractivity contribution in [3.8, 4) is 0 Å². The smallest absolute Gasteiger partial charge is 0.317 e. The van der Waals surface area contributed by atoms with E-state index in [4.69, 9.17) is 15.3 Å². The van der Waals surface area contributed by atoms with Gasteiger partial charge >= 0.3 is 17.9 Å². The molecule has 0 aromatic carbocycles. The lowest BCUT2D eigenvalue weighted by atomic mass is 10.3. The van der Waals surface area contributed by atoms with E-state index in [-0.39, 0.29) is 32.0 Å². The summed E-state index contributed by atoms with van der Waals surface area (Å²) in [5.41, 5.74) is 0. The van der Waals surface area contributed by atoms with E-state index in [2.05, 4.69) is 0 Å². The van der Waals surface area contributed by atoms with Crippen LogP contribution in [0.4, 0.5) is 0 Å². The molecular formula is C23H48N4O7. The summed E-state index contributed by atoms with van der Waals surface area (Å²) in [5, 5.41) is 27.3. The first-order chi connectivity index (χ1) is 16.2. The van der Waals surface area contributed by atoms with Gasteiger partial charge in [0.05, 0.1) is 26.2 Å². The van der Waals surface area contributed by atoms with Crippen molar-refractivity contribution >= 4 is 23.7 Å². The maximum atomic E-state index is 11.5. The summed E-state index contributed by atoms with van der Waals surface area (Å²) in [4.78, 5) is 51.9. The molecule has 0 radical (unpaired) electrons. The van der Waals surface area contributed by atoms with Crippen molar-refractivity contribution in [3.05, 3.63) is 0 Å². The molecule has 0 spiro atoms. The summed E-state index contributed by atoms with van der Waals surface area (Å²) in [6.07, 6.45) is 0. The predicted octanol–water partition coefficient (Wildman–Crippen LogP) is 1.13. The monoisotopic (exact) mass is 492 g/mol. The van der Waals surface area contributed by atoms with Crippen molar-refractivity contribution in [2.75, 3.05) is 78.5 Å². The van der Waals surface area contributed by atoms with Crippen molar-refractivity contribution in [1.82, 2.24) is 19.6 Å². The highest BCUT2D eigenvalue weighted by Gasteiger charge is 2.20. The largest absolute Gasteiger partial charge is 0.480 e. The summed E-state index contributed by atoms with van der Waals surface area (Å²) in [5.74, 6) is -2.95. The molecule has 3 N–H and O–H groups in total. The third-order valence-electron chi connectivity index (χ3n) is 4.45. The highest BCUT2D eigenvalue weighted by atomic mass is 16.4. The van der Waals surface area contributed by atoms with Gasteiger partial charge in [-0.2, -0.15) is 0 Å². The van der Waals surface area contributed by atoms with E-state index in [0.717, 1.165) is 0 Å². The molecule has 11 nitrogen and oxygen atoms in total. The minimum atomic E-state index is -0.991. The van der Waals surface area contributed by atoms with Crippen molar-refractivity contribution in [2.24, 2.45) is 0 Å². The molecule has 1 saturated heterocycles. The summed E-state index contributed by atoms with van der Waals surface area (Å²) < 4.78 is 0. The fourth-order valence-corrected chi connectivity index (χ4v) is 3.10. The fourth-order valence-electron chi connectivity index (χ4n) is 3.10. The van der Waals surface area contributed by atoms with Crippen LogP contribution in [0.5, 0.6) is 0 Å². The number of aliphatic carboxylic acids is 3. The first-order valence-corrected chi connectivity index (χ1v) is 12.2. The molecule has 1 aliphatic heterocycles. The van der Waals surface area contributed by atoms with E-state index < -0.39 is 17.9 Å². The van der Waals surface area contributed by atoms with Crippen LogP contribution < -0.4 is 0 Å². The van der Waals surface area contributed by atoms with Crippen LogP contribution in [0.3, 0.4) is 0 Å². The quantitative estimate of drug-likeness (QED) is 0.449. The van der Waals surface area contributed by atoms with Gasteiger partial charge in [0.1, 0.15) is 5.78 Å². The number of Topliss-reactive ketones (excluding diaryl/α,β-unsaturated/α-hetero) is 1. The second kappa shape index (κ2) is 24.1. The van der Waals surface area contributed by atoms with E-state index in [0.29, 0.717) is 52.4 Å². The summed E-state index contributed by atoms with van der Waals surface area (Å²) in [6, 6.07) is 0. The standard InChI is InChI=1S/C17H30N4O7.3C2H6/c1-14(22)10-18-2-4-19(11-15(23)24)6-8-21(13-17(27)28)9-7-20(5-3-18)12-16(25)26;3*1-2/h2-13H2,1H3,(H,23,24)(H,25,26)(H,27,28);3*1-2H3. The second-order valence-corrected chi connectivity index (χ2v) is 6.99. The molecule has 202 valence electrons. The van der Waals surface area contributed by atoms with Crippen molar-refractivity contribution in [3.63, 3.8) is 0 Å². The zero-order chi connectivity index (χ0) is 27.1. The van der Waals surface area contributed by atoms with Gasteiger partial charge in [-0.15, -0.1) is 0 Å². The molecule has 0 saturated carbocycles. The van der Waals surface area contributed by atoms with Gasteiger partial charge in [0, 0.05) is 52.4 Å². The van der Waals surface area contributed by atoms with Crippen molar-refractivity contribution in [2.45, 2.75) is 48.5 Å². The molecule has 1 rings (SSSR count). The molecule has 1 aliphatic rings. The number of hydrogen-bond donors (Lipinski definition) is 3. The van der Waals surface area contributed by atoms with Gasteiger partial charge < -0.3 is 15.3 Å². The van der Waals surface area contributed by atoms with E-state index in [9.17, 15) is 19.2 Å². The summed E-state index contributed by atoms with van der Waals surface area (Å²) in [6.45, 7) is 16.4. The molecule has 0 amide bonds. The Balaban J connectivity index is -0.00000148. The van der Waals surface area contributed by atoms with Gasteiger partial charge in [-0.3, -0.25) is 38.8 Å². The lowest BCUT2D eigenvalue weighted by molar-refractivity contribution is -0.140. The Morgan fingerprint density at radius 3 is 0.794 bits per heavy atom. The number of carboxylic acids is 3. The summed E-state index contributed by atoms with van der Waals surface area (Å²) >= 11 is 0. The van der Waals surface area contributed by atoms with Crippen LogP contribution in [0.1, 0.15) is 48.5 Å². The molecule has 0 unspecified atom stereocenters. The topological polar surface area (TPSA) is 142 Å². The zero-order valence-electron chi connectivity index (χ0n) is 22.2. The number of carbonyl (C=O) groups is 4. The molecule has 11 heteroatoms. The minimum Gasteiger partial charge on any atom is -0.480 e. The van der Waals surface area contributed by atoms with Crippen LogP contribution in [0.15, 0.2) is 0 Å². The molecular weight excluding hydrogens is 444 g/mol. The highest BCUT2D eigenvalue weighted by molar-refractivity contribution is 5.77. The number of carbonyl (C=O) groups excluding carboxylic acids is 1. The number of carboxylic acid groups (broad SMARTS) is 3. The Morgan fingerprint density at radius 1 is 0.471 bits per heavy atom. The van der Waals surface area contributed by atoms with Crippen LogP contribution in [0, 0.1) is 0 Å². The molecule has 1 fully saturated rings. The normalized spacial score (nSPS) is 16.6. The van der Waals surface area contributed by atoms with E-state index in [1.807, 2.05) is 46.4 Å². The van der Waals surface area contributed by atoms with E-state index in [1.54, 1.807) is 14.7 Å². The lowest BCUT2D eigenvalue weighted by Gasteiger charge is -2.32. The van der Waals surface area contributed by atoms with Crippen LogP contribution in [0.25, 0.3) is 0 Å². The summed E-state index contributed by atoms with van der Waals surface area (Å²) in [7, 11) is 0. The van der Waals surface area contributed by atoms with Gasteiger partial charge in [0.25, 0.3) is 0 Å². The molecule has 0 aromatic rings. The molecule has 1 heterocycles. The Hall–Kier alpha value is -2.08. The molecule has 0 aromatic heterocycles. The lowest BCUT2D eigenvalue weighted by Crippen LogP contribution is -2.49. The fraction of sp³-hybridized carbons (Fsp3) is 0.826. The van der Waals surface area contributed by atoms with Gasteiger partial charge in [0.15, 0.2) is 0 Å². The minimum absolute atomic E-state index is 0.0192. The first kappa shape index (κ1) is 36.5. The molecule has 0 aliphatic carbocycles. The highest BCUT2D eigenvalue weighted by Crippen LogP contribution is 2.01. The number of rotatable bonds is 8. The maximum Gasteiger partial charge on any atom is 0.317 e. The number of ketones is 1. The third-order valence-corrected chi connectivity index (χ3v) is 4.45. The van der Waals surface area contributed by atoms with Crippen LogP contribution in [-0.4, -0.2) is 137 Å². The van der Waals surface area contributed by atoms with E-state index >= 15 is 0 Å². The van der Waals surface area contributed by atoms with Crippen molar-refractivity contribution < 1.29 is 34.5 Å². The number of nitrogens with zero attached hydrogens (tertiary/aromatic N) is 4. The average molecular weight is 493 g/mol. The van der Waals surface area contributed by atoms with Crippen molar-refractivity contribution in [1.29, 1.82) is 0 Å². The average Bonchev–Trinajstić information content (AvgIpc) is 2.78. The first-order valence-electron chi connectivity index (χ1n) is 12.2. The van der Waals surface area contributed by atoms with Crippen LogP contribution >= 0.6 is 0 Å². The number of hydrogen-bond acceptors (Lipinski definition) is 8. The van der Waals surface area contributed by atoms with Gasteiger partial charge in [0.2, 0.25) is 0 Å². The Morgan fingerprint density at radius 2 is 0.647 bits per heavy atom. The Labute approximate surface area is 205 Å². The van der Waals surface area contributed by atoms with E-state index in [1.165, 1.54) is 6.92 Å². The maximum absolute atomic E-state index is 11.5. The third kappa shape index (κ3) is 21.7. The Bertz CT molecular complexity index is 449. The molecule has 0 bridgehead atoms. The second-order valence-electron chi connectivity index (χ2n) is 6.99. The van der Waals surface area contributed by atoms with Crippen LogP contribution in [-0.2, 0) is 19.2 Å². The van der Waals surface area contributed by atoms with Gasteiger partial charge in [-0.05, 0) is 6.92 Å². The molecule has 34 heavy (non-hydrogen) atoms. The van der Waals surface area contributed by atoms with Crippen LogP contribution in [0.2, 0.25) is 0 Å². The SMILES string of the molecule is CC.CC.CC.CC(=O)CN1CCN(CC(=O)O)CCN(CC(=O)O)CCN(CC(=O)O)CC1. The van der Waals surface area contributed by atoms with Gasteiger partial charge in [-0.25, -0.2) is 0 Å². The van der Waals surface area contributed by atoms with Gasteiger partial charge in [-0.1, -0.05) is 41.5 Å². The predicted molar refractivity (Wildman–Crippen MR) is 133 cm³/mol. The zero-order valence-corrected chi connectivity index (χ0v) is 22.2. The Kier molecular flexibility index (Phi) is 25.8. The molecule has 0 atom stereocenters.